The Bertz CT molecular complexity index is 429. The Morgan fingerprint density at radius 2 is 1.83 bits per heavy atom. The van der Waals surface area contributed by atoms with Gasteiger partial charge in [-0.1, -0.05) is 25.4 Å². The lowest BCUT2D eigenvalue weighted by atomic mass is 9.69. The second kappa shape index (κ2) is 4.09. The van der Waals surface area contributed by atoms with Crippen LogP contribution in [0.5, 0.6) is 0 Å². The molecular weight excluding hydrogens is 246 g/mol. The maximum absolute atomic E-state index is 5.75. The second-order valence-electron chi connectivity index (χ2n) is 6.79. The van der Waals surface area contributed by atoms with Crippen molar-refractivity contribution >= 4 is 17.4 Å². The number of nitrogens with zero attached hydrogens (tertiary/aromatic N) is 2. The summed E-state index contributed by atoms with van der Waals surface area (Å²) >= 11 is 5.75. The lowest BCUT2D eigenvalue weighted by Crippen LogP contribution is -2.37. The van der Waals surface area contributed by atoms with Crippen molar-refractivity contribution in [3.63, 3.8) is 0 Å². The van der Waals surface area contributed by atoms with Crippen LogP contribution in [0, 0.1) is 10.8 Å². The highest BCUT2D eigenvalue weighted by molar-refractivity contribution is 6.29. The Kier molecular flexibility index (Phi) is 2.77. The van der Waals surface area contributed by atoms with Gasteiger partial charge in [0.15, 0.2) is 5.15 Å². The third kappa shape index (κ3) is 2.33. The first-order valence-electron chi connectivity index (χ1n) is 6.72. The topological polar surface area (TPSA) is 37.8 Å². The largest absolute Gasteiger partial charge is 0.366 e. The molecule has 0 amide bonds. The van der Waals surface area contributed by atoms with Crippen molar-refractivity contribution in [3.8, 4) is 0 Å². The first-order valence-corrected chi connectivity index (χ1v) is 7.10. The molecule has 0 radical (unpaired) electrons. The highest BCUT2D eigenvalue weighted by Crippen LogP contribution is 2.58. The Labute approximate surface area is 113 Å². The predicted molar refractivity (Wildman–Crippen MR) is 73.8 cm³/mol. The van der Waals surface area contributed by atoms with Gasteiger partial charge in [-0.15, -0.1) is 10.2 Å². The van der Waals surface area contributed by atoms with Crippen molar-refractivity contribution in [2.45, 2.75) is 52.0 Å². The summed E-state index contributed by atoms with van der Waals surface area (Å²) in [5.41, 5.74) is 1.04. The van der Waals surface area contributed by atoms with Gasteiger partial charge >= 0.3 is 0 Å². The van der Waals surface area contributed by atoms with Gasteiger partial charge in [-0.25, -0.2) is 0 Å². The quantitative estimate of drug-likeness (QED) is 0.881. The van der Waals surface area contributed by atoms with E-state index in [-0.39, 0.29) is 0 Å². The Morgan fingerprint density at radius 1 is 1.17 bits per heavy atom. The van der Waals surface area contributed by atoms with Crippen molar-refractivity contribution in [3.05, 3.63) is 17.3 Å². The van der Waals surface area contributed by atoms with Gasteiger partial charge in [0.1, 0.15) is 5.82 Å². The van der Waals surface area contributed by atoms with Gasteiger partial charge in [-0.05, 0) is 55.1 Å². The summed E-state index contributed by atoms with van der Waals surface area (Å²) in [4.78, 5) is 0. The predicted octanol–water partition coefficient (Wildman–Crippen LogP) is 3.90. The fourth-order valence-corrected chi connectivity index (χ4v) is 4.23. The van der Waals surface area contributed by atoms with Crippen molar-refractivity contribution in [2.75, 3.05) is 5.32 Å². The summed E-state index contributed by atoms with van der Waals surface area (Å²) in [5, 5.41) is 12.0. The van der Waals surface area contributed by atoms with E-state index in [1.165, 1.54) is 32.1 Å². The van der Waals surface area contributed by atoms with Crippen molar-refractivity contribution in [1.82, 2.24) is 10.2 Å². The van der Waals surface area contributed by atoms with Crippen LogP contribution in [0.2, 0.25) is 5.15 Å². The summed E-state index contributed by atoms with van der Waals surface area (Å²) in [6.45, 7) is 4.86. The van der Waals surface area contributed by atoms with Crippen LogP contribution in [0.4, 0.5) is 5.82 Å². The van der Waals surface area contributed by atoms with Crippen LogP contribution in [0.1, 0.15) is 46.0 Å². The zero-order chi connectivity index (χ0) is 12.8. The molecule has 0 spiro atoms. The molecule has 1 aromatic heterocycles. The third-order valence-electron chi connectivity index (χ3n) is 4.65. The van der Waals surface area contributed by atoms with Gasteiger partial charge in [0.25, 0.3) is 0 Å². The van der Waals surface area contributed by atoms with Crippen molar-refractivity contribution in [2.24, 2.45) is 10.8 Å². The first kappa shape index (κ1) is 12.2. The summed E-state index contributed by atoms with van der Waals surface area (Å²) in [6, 6.07) is 4.22. The SMILES string of the molecule is CC12CC[C@](C)(C[C@@H](Nc3ccc(Cl)nn3)C1)C2. The second-order valence-corrected chi connectivity index (χ2v) is 7.18. The molecule has 2 aliphatic carbocycles. The Hall–Kier alpha value is -0.830. The fraction of sp³-hybridized carbons (Fsp3) is 0.714. The minimum absolute atomic E-state index is 0.447. The molecule has 3 atom stereocenters. The average molecular weight is 266 g/mol. The number of hydrogen-bond acceptors (Lipinski definition) is 3. The zero-order valence-corrected chi connectivity index (χ0v) is 11.8. The van der Waals surface area contributed by atoms with Crippen LogP contribution in [-0.2, 0) is 0 Å². The number of fused-ring (bicyclic) bond motifs is 2. The van der Waals surface area contributed by atoms with Crippen molar-refractivity contribution in [1.29, 1.82) is 0 Å². The highest BCUT2D eigenvalue weighted by Gasteiger charge is 2.48. The van der Waals surface area contributed by atoms with Gasteiger partial charge in [0.05, 0.1) is 0 Å². The van der Waals surface area contributed by atoms with Gasteiger partial charge in [0, 0.05) is 6.04 Å². The molecule has 1 heterocycles. The molecule has 3 rings (SSSR count). The Balaban J connectivity index is 1.72. The van der Waals surface area contributed by atoms with Crippen LogP contribution < -0.4 is 5.32 Å². The number of nitrogens with one attached hydrogen (secondary N) is 1. The minimum Gasteiger partial charge on any atom is -0.366 e. The molecule has 0 aliphatic heterocycles. The van der Waals surface area contributed by atoms with E-state index in [0.29, 0.717) is 22.0 Å². The van der Waals surface area contributed by atoms with Crippen LogP contribution in [0.25, 0.3) is 0 Å². The molecule has 1 unspecified atom stereocenters. The molecule has 0 aromatic carbocycles. The van der Waals surface area contributed by atoms with E-state index in [4.69, 9.17) is 11.6 Å². The van der Waals surface area contributed by atoms with Gasteiger partial charge in [-0.2, -0.15) is 0 Å². The highest BCUT2D eigenvalue weighted by atomic mass is 35.5. The Morgan fingerprint density at radius 3 is 2.39 bits per heavy atom. The molecule has 1 N–H and O–H groups in total. The normalized spacial score (nSPS) is 38.7. The molecule has 18 heavy (non-hydrogen) atoms. The monoisotopic (exact) mass is 265 g/mol. The van der Waals surface area contributed by atoms with E-state index < -0.39 is 0 Å². The van der Waals surface area contributed by atoms with Gasteiger partial charge in [0.2, 0.25) is 0 Å². The third-order valence-corrected chi connectivity index (χ3v) is 4.85. The van der Waals surface area contributed by atoms with E-state index >= 15 is 0 Å². The molecule has 98 valence electrons. The van der Waals surface area contributed by atoms with E-state index in [1.54, 1.807) is 6.07 Å². The summed E-state index contributed by atoms with van der Waals surface area (Å²) in [7, 11) is 0. The fourth-order valence-electron chi connectivity index (χ4n) is 4.13. The molecule has 0 saturated heterocycles. The maximum Gasteiger partial charge on any atom is 0.151 e. The minimum atomic E-state index is 0.447. The maximum atomic E-state index is 5.75. The summed E-state index contributed by atoms with van der Waals surface area (Å²) in [5.74, 6) is 0.845. The van der Waals surface area contributed by atoms with Gasteiger partial charge < -0.3 is 5.32 Å². The molecule has 1 aromatic rings. The lowest BCUT2D eigenvalue weighted by molar-refractivity contribution is 0.158. The molecule has 2 aliphatic rings. The number of halogens is 1. The van der Waals surface area contributed by atoms with Crippen LogP contribution in [-0.4, -0.2) is 16.2 Å². The smallest absolute Gasteiger partial charge is 0.151 e. The zero-order valence-electron chi connectivity index (χ0n) is 11.0. The molecule has 2 fully saturated rings. The molecule has 2 saturated carbocycles. The average Bonchev–Trinajstić information content (AvgIpc) is 2.51. The standard InChI is InChI=1S/C14H20ClN3/c1-13-5-6-14(2,9-13)8-10(7-13)16-12-4-3-11(15)17-18-12/h3-4,10H,5-9H2,1-2H3,(H,16,18)/t10-,13-,14?/m1/s1. The molecule has 4 heteroatoms. The number of rotatable bonds is 2. The summed E-state index contributed by atoms with van der Waals surface area (Å²) < 4.78 is 0. The van der Waals surface area contributed by atoms with Crippen molar-refractivity contribution < 1.29 is 0 Å². The molecule has 2 bridgehead atoms. The number of hydrogen-bond donors (Lipinski definition) is 1. The first-order chi connectivity index (χ1) is 8.46. The van der Waals surface area contributed by atoms with Crippen LogP contribution in [0.15, 0.2) is 12.1 Å². The molecule has 3 nitrogen and oxygen atoms in total. The molecular formula is C14H20ClN3. The van der Waals surface area contributed by atoms with Gasteiger partial charge in [-0.3, -0.25) is 0 Å². The van der Waals surface area contributed by atoms with E-state index in [2.05, 4.69) is 29.4 Å². The number of anilines is 1. The lowest BCUT2D eigenvalue weighted by Gasteiger charge is -2.40. The summed E-state index contributed by atoms with van der Waals surface area (Å²) in [6.07, 6.45) is 6.60. The van der Waals surface area contributed by atoms with E-state index in [1.807, 2.05) is 6.07 Å². The van der Waals surface area contributed by atoms with E-state index in [9.17, 15) is 0 Å². The van der Waals surface area contributed by atoms with Crippen LogP contribution >= 0.6 is 11.6 Å². The van der Waals surface area contributed by atoms with Crippen LogP contribution in [0.3, 0.4) is 0 Å². The number of aromatic nitrogens is 2. The van der Waals surface area contributed by atoms with E-state index in [0.717, 1.165) is 5.82 Å².